The van der Waals surface area contributed by atoms with E-state index in [2.05, 4.69) is 152 Å². The van der Waals surface area contributed by atoms with Crippen molar-refractivity contribution >= 4 is 54.6 Å². The van der Waals surface area contributed by atoms with Crippen LogP contribution in [-0.2, 0) is 0 Å². The zero-order chi connectivity index (χ0) is 35.6. The van der Waals surface area contributed by atoms with E-state index in [1.165, 1.54) is 5.39 Å². The Labute approximate surface area is 310 Å². The van der Waals surface area contributed by atoms with Gasteiger partial charge in [-0.3, -0.25) is 0 Å². The number of fused-ring (bicyclic) bond motifs is 7. The lowest BCUT2D eigenvalue weighted by molar-refractivity contribution is 0.668. The minimum atomic E-state index is 0.659. The maximum Gasteiger partial charge on any atom is 0.160 e. The summed E-state index contributed by atoms with van der Waals surface area (Å²) >= 11 is 0. The topological polar surface area (TPSA) is 52.1 Å². The van der Waals surface area contributed by atoms with Crippen LogP contribution in [0.25, 0.3) is 111 Å². The van der Waals surface area contributed by atoms with E-state index in [4.69, 9.17) is 18.8 Å². The van der Waals surface area contributed by atoms with Gasteiger partial charge in [-0.15, -0.1) is 0 Å². The number of nitrogens with zero attached hydrogens (tertiary/aromatic N) is 2. The van der Waals surface area contributed by atoms with Crippen molar-refractivity contribution in [3.8, 4) is 56.2 Å². The van der Waals surface area contributed by atoms with Crippen LogP contribution in [0.4, 0.5) is 0 Å². The average Bonchev–Trinajstić information content (AvgIpc) is 3.81. The van der Waals surface area contributed by atoms with Gasteiger partial charge in [-0.05, 0) is 93.7 Å². The summed E-state index contributed by atoms with van der Waals surface area (Å²) in [6.07, 6.45) is 0. The lowest BCUT2D eigenvalue weighted by Gasteiger charge is -2.14. The molecular weight excluding hydrogens is 661 g/mol. The highest BCUT2D eigenvalue weighted by molar-refractivity contribution is 6.08. The molecule has 0 amide bonds. The quantitative estimate of drug-likeness (QED) is 0.180. The number of hydrogen-bond donors (Lipinski definition) is 0. The van der Waals surface area contributed by atoms with Crippen molar-refractivity contribution in [2.75, 3.05) is 0 Å². The SMILES string of the molecule is c1ccc(-c2cc(-c3cccc4ccccc34)nc(-c3cc(-c4ccc5oc6ccccc6c5c4)cc(-c4ccc5oc6ccccc6c5c4)c3)n2)cc1. The molecule has 8 aromatic carbocycles. The molecule has 0 atom stereocenters. The molecule has 11 rings (SSSR count). The molecule has 0 aliphatic carbocycles. The zero-order valence-electron chi connectivity index (χ0n) is 29.0. The lowest BCUT2D eigenvalue weighted by atomic mass is 9.94. The van der Waals surface area contributed by atoms with Gasteiger partial charge in [0.15, 0.2) is 5.82 Å². The summed E-state index contributed by atoms with van der Waals surface area (Å²) in [5, 5.41) is 6.69. The summed E-state index contributed by atoms with van der Waals surface area (Å²) in [6, 6.07) is 63.4. The van der Waals surface area contributed by atoms with Gasteiger partial charge in [-0.1, -0.05) is 121 Å². The van der Waals surface area contributed by atoms with Crippen molar-refractivity contribution in [1.29, 1.82) is 0 Å². The number of furan rings is 2. The summed E-state index contributed by atoms with van der Waals surface area (Å²) in [7, 11) is 0. The minimum Gasteiger partial charge on any atom is -0.456 e. The molecule has 0 fully saturated rings. The number of benzene rings is 8. The van der Waals surface area contributed by atoms with E-state index < -0.39 is 0 Å². The lowest BCUT2D eigenvalue weighted by Crippen LogP contribution is -1.97. The van der Waals surface area contributed by atoms with Gasteiger partial charge in [0, 0.05) is 38.2 Å². The third kappa shape index (κ3) is 5.07. The predicted molar refractivity (Wildman–Crippen MR) is 221 cm³/mol. The van der Waals surface area contributed by atoms with Crippen LogP contribution in [0.1, 0.15) is 0 Å². The van der Waals surface area contributed by atoms with Crippen molar-refractivity contribution in [2.45, 2.75) is 0 Å². The maximum atomic E-state index is 6.21. The molecule has 0 radical (unpaired) electrons. The van der Waals surface area contributed by atoms with Crippen LogP contribution < -0.4 is 0 Å². The van der Waals surface area contributed by atoms with Crippen LogP contribution in [0, 0.1) is 0 Å². The van der Waals surface area contributed by atoms with Gasteiger partial charge < -0.3 is 8.83 Å². The molecule has 0 N–H and O–H groups in total. The number of hydrogen-bond acceptors (Lipinski definition) is 4. The summed E-state index contributed by atoms with van der Waals surface area (Å²) in [5.74, 6) is 0.659. The van der Waals surface area contributed by atoms with Crippen molar-refractivity contribution in [3.05, 3.63) is 182 Å². The highest BCUT2D eigenvalue weighted by Gasteiger charge is 2.17. The van der Waals surface area contributed by atoms with Gasteiger partial charge in [0.25, 0.3) is 0 Å². The van der Waals surface area contributed by atoms with E-state index in [-0.39, 0.29) is 0 Å². The van der Waals surface area contributed by atoms with Crippen molar-refractivity contribution in [1.82, 2.24) is 9.97 Å². The fourth-order valence-electron chi connectivity index (χ4n) is 7.82. The Hall–Kier alpha value is -7.30. The standard InChI is InChI=1S/C50H30N2O2/c1-2-12-32(13-3-1)44-30-45(39-18-10-14-31-11-4-5-15-38(31)39)52-50(51-44)37-26-35(33-21-23-48-42(28-33)40-16-6-8-19-46(40)53-48)25-36(27-37)34-22-24-49-43(29-34)41-17-7-9-20-47(41)54-49/h1-30H. The second-order valence-corrected chi connectivity index (χ2v) is 13.8. The first-order chi connectivity index (χ1) is 26.7. The minimum absolute atomic E-state index is 0.659. The molecule has 11 aromatic rings. The first kappa shape index (κ1) is 30.3. The molecule has 3 heterocycles. The van der Waals surface area contributed by atoms with Crippen LogP contribution in [0.3, 0.4) is 0 Å². The first-order valence-corrected chi connectivity index (χ1v) is 18.1. The molecule has 0 saturated heterocycles. The monoisotopic (exact) mass is 690 g/mol. The largest absolute Gasteiger partial charge is 0.456 e. The Morgan fingerprint density at radius 3 is 1.48 bits per heavy atom. The Balaban J connectivity index is 1.16. The number of rotatable bonds is 5. The van der Waals surface area contributed by atoms with Crippen LogP contribution in [0.2, 0.25) is 0 Å². The van der Waals surface area contributed by atoms with Crippen LogP contribution in [0.15, 0.2) is 191 Å². The molecule has 0 aliphatic rings. The van der Waals surface area contributed by atoms with E-state index in [0.717, 1.165) is 99.6 Å². The smallest absolute Gasteiger partial charge is 0.160 e. The van der Waals surface area contributed by atoms with Crippen LogP contribution >= 0.6 is 0 Å². The van der Waals surface area contributed by atoms with E-state index in [0.29, 0.717) is 5.82 Å². The zero-order valence-corrected chi connectivity index (χ0v) is 29.0. The molecule has 54 heavy (non-hydrogen) atoms. The van der Waals surface area contributed by atoms with Crippen molar-refractivity contribution in [2.24, 2.45) is 0 Å². The second-order valence-electron chi connectivity index (χ2n) is 13.8. The molecule has 0 bridgehead atoms. The third-order valence-electron chi connectivity index (χ3n) is 10.5. The fourth-order valence-corrected chi connectivity index (χ4v) is 7.82. The van der Waals surface area contributed by atoms with Gasteiger partial charge in [-0.25, -0.2) is 9.97 Å². The van der Waals surface area contributed by atoms with Crippen LogP contribution in [0.5, 0.6) is 0 Å². The molecule has 4 nitrogen and oxygen atoms in total. The van der Waals surface area contributed by atoms with E-state index in [9.17, 15) is 0 Å². The van der Waals surface area contributed by atoms with Gasteiger partial charge in [0.2, 0.25) is 0 Å². The van der Waals surface area contributed by atoms with E-state index >= 15 is 0 Å². The Morgan fingerprint density at radius 1 is 0.296 bits per heavy atom. The summed E-state index contributed by atoms with van der Waals surface area (Å²) in [6.45, 7) is 0. The molecule has 4 heteroatoms. The van der Waals surface area contributed by atoms with Crippen LogP contribution in [-0.4, -0.2) is 9.97 Å². The first-order valence-electron chi connectivity index (χ1n) is 18.1. The fraction of sp³-hybridized carbons (Fsp3) is 0. The Kier molecular flexibility index (Phi) is 6.82. The highest BCUT2D eigenvalue weighted by Crippen LogP contribution is 2.39. The van der Waals surface area contributed by atoms with Gasteiger partial charge in [0.1, 0.15) is 22.3 Å². The Bertz CT molecular complexity index is 3090. The molecular formula is C50H30N2O2. The molecule has 3 aromatic heterocycles. The van der Waals surface area contributed by atoms with E-state index in [1.54, 1.807) is 0 Å². The molecule has 0 aliphatic heterocycles. The summed E-state index contributed by atoms with van der Waals surface area (Å²) < 4.78 is 12.4. The van der Waals surface area contributed by atoms with Gasteiger partial charge in [-0.2, -0.15) is 0 Å². The number of para-hydroxylation sites is 2. The van der Waals surface area contributed by atoms with Crippen molar-refractivity contribution in [3.63, 3.8) is 0 Å². The van der Waals surface area contributed by atoms with E-state index in [1.807, 2.05) is 30.3 Å². The van der Waals surface area contributed by atoms with Gasteiger partial charge in [0.05, 0.1) is 11.4 Å². The molecule has 0 saturated carbocycles. The predicted octanol–water partition coefficient (Wildman–Crippen LogP) is 13.8. The van der Waals surface area contributed by atoms with Crippen molar-refractivity contribution < 1.29 is 8.83 Å². The third-order valence-corrected chi connectivity index (χ3v) is 10.5. The summed E-state index contributed by atoms with van der Waals surface area (Å²) in [5.41, 5.74) is 12.6. The van der Waals surface area contributed by atoms with Gasteiger partial charge >= 0.3 is 0 Å². The normalized spacial score (nSPS) is 11.7. The number of aromatic nitrogens is 2. The average molecular weight is 691 g/mol. The molecule has 0 spiro atoms. The summed E-state index contributed by atoms with van der Waals surface area (Å²) in [4.78, 5) is 10.6. The second kappa shape index (κ2) is 12.1. The maximum absolute atomic E-state index is 6.21. The molecule has 252 valence electrons. The highest BCUT2D eigenvalue weighted by atomic mass is 16.3. The Morgan fingerprint density at radius 2 is 0.815 bits per heavy atom. The molecule has 0 unspecified atom stereocenters.